The quantitative estimate of drug-likeness (QED) is 0.269. The Morgan fingerprint density at radius 3 is 2.03 bits per heavy atom. The summed E-state index contributed by atoms with van der Waals surface area (Å²) < 4.78 is 0. The van der Waals surface area contributed by atoms with Crippen LogP contribution < -0.4 is 10.2 Å². The van der Waals surface area contributed by atoms with Gasteiger partial charge in [-0.1, -0.05) is 84.0 Å². The highest BCUT2D eigenvalue weighted by Gasteiger charge is 2.23. The molecule has 35 heavy (non-hydrogen) atoms. The molecule has 0 spiro atoms. The molecule has 0 atom stereocenters. The molecule has 5 heteroatoms. The highest BCUT2D eigenvalue weighted by atomic mass is 16.2. The normalized spacial score (nSPS) is 16.6. The van der Waals surface area contributed by atoms with Crippen molar-refractivity contribution in [3.63, 3.8) is 0 Å². The van der Waals surface area contributed by atoms with Crippen molar-refractivity contribution < 1.29 is 9.59 Å². The molecule has 1 heterocycles. The van der Waals surface area contributed by atoms with Crippen LogP contribution in [0.5, 0.6) is 0 Å². The summed E-state index contributed by atoms with van der Waals surface area (Å²) in [4.78, 5) is 29.3. The second-order valence-corrected chi connectivity index (χ2v) is 10.7. The van der Waals surface area contributed by atoms with Crippen LogP contribution in [0.1, 0.15) is 110 Å². The van der Waals surface area contributed by atoms with Crippen molar-refractivity contribution in [1.82, 2.24) is 4.90 Å². The lowest BCUT2D eigenvalue weighted by Gasteiger charge is -2.36. The lowest BCUT2D eigenvalue weighted by Crippen LogP contribution is -2.48. The highest BCUT2D eigenvalue weighted by molar-refractivity contribution is 5.90. The SMILES string of the molecule is CCCCCCCCCCCC(=O)Nc1ccc(N2CCN(C(=O)CCC3CCCC3)CC2)cc1. The molecule has 5 nitrogen and oxygen atoms in total. The molecule has 196 valence electrons. The molecule has 0 radical (unpaired) electrons. The van der Waals surface area contributed by atoms with E-state index < -0.39 is 0 Å². The van der Waals surface area contributed by atoms with E-state index >= 15 is 0 Å². The van der Waals surface area contributed by atoms with E-state index in [1.54, 1.807) is 0 Å². The van der Waals surface area contributed by atoms with Crippen molar-refractivity contribution in [3.8, 4) is 0 Å². The van der Waals surface area contributed by atoms with Gasteiger partial charge in [0.05, 0.1) is 0 Å². The lowest BCUT2D eigenvalue weighted by molar-refractivity contribution is -0.131. The fourth-order valence-corrected chi connectivity index (χ4v) is 5.57. The minimum Gasteiger partial charge on any atom is -0.368 e. The van der Waals surface area contributed by atoms with Crippen LogP contribution in [0.2, 0.25) is 0 Å². The molecule has 1 saturated heterocycles. The smallest absolute Gasteiger partial charge is 0.224 e. The summed E-state index contributed by atoms with van der Waals surface area (Å²) in [5.74, 6) is 1.23. The van der Waals surface area contributed by atoms with Crippen LogP contribution >= 0.6 is 0 Å². The van der Waals surface area contributed by atoms with Crippen molar-refractivity contribution in [3.05, 3.63) is 24.3 Å². The minimum absolute atomic E-state index is 0.116. The second-order valence-electron chi connectivity index (χ2n) is 10.7. The average Bonchev–Trinajstić information content (AvgIpc) is 3.41. The first-order valence-corrected chi connectivity index (χ1v) is 14.6. The maximum atomic E-state index is 12.6. The fraction of sp³-hybridized carbons (Fsp3) is 0.733. The molecular formula is C30H49N3O2. The summed E-state index contributed by atoms with van der Waals surface area (Å²) in [6.07, 6.45) is 19.1. The van der Waals surface area contributed by atoms with Crippen molar-refractivity contribution in [2.75, 3.05) is 36.4 Å². The number of benzene rings is 1. The number of carbonyl (C=O) groups excluding carboxylic acids is 2. The van der Waals surface area contributed by atoms with Gasteiger partial charge in [-0.2, -0.15) is 0 Å². The second kappa shape index (κ2) is 15.9. The van der Waals surface area contributed by atoms with Gasteiger partial charge in [0.25, 0.3) is 0 Å². The summed E-state index contributed by atoms with van der Waals surface area (Å²) in [6, 6.07) is 8.18. The van der Waals surface area contributed by atoms with Gasteiger partial charge in [-0.05, 0) is 43.0 Å². The first-order valence-electron chi connectivity index (χ1n) is 14.6. The zero-order valence-electron chi connectivity index (χ0n) is 22.2. The highest BCUT2D eigenvalue weighted by Crippen LogP contribution is 2.29. The molecule has 0 unspecified atom stereocenters. The number of hydrogen-bond donors (Lipinski definition) is 1. The maximum absolute atomic E-state index is 12.6. The Hall–Kier alpha value is -2.04. The Morgan fingerprint density at radius 1 is 0.800 bits per heavy atom. The summed E-state index contributed by atoms with van der Waals surface area (Å²) in [5.41, 5.74) is 2.04. The predicted octanol–water partition coefficient (Wildman–Crippen LogP) is 7.17. The molecule has 3 rings (SSSR count). The van der Waals surface area contributed by atoms with Crippen LogP contribution in [0.15, 0.2) is 24.3 Å². The third kappa shape index (κ3) is 10.2. The fourth-order valence-electron chi connectivity index (χ4n) is 5.57. The van der Waals surface area contributed by atoms with Gasteiger partial charge >= 0.3 is 0 Å². The largest absolute Gasteiger partial charge is 0.368 e. The third-order valence-electron chi connectivity index (χ3n) is 7.90. The van der Waals surface area contributed by atoms with Crippen LogP contribution in [0.3, 0.4) is 0 Å². The van der Waals surface area contributed by atoms with E-state index in [9.17, 15) is 9.59 Å². The summed E-state index contributed by atoms with van der Waals surface area (Å²) in [6.45, 7) is 5.62. The lowest BCUT2D eigenvalue weighted by atomic mass is 10.0. The Kier molecular flexibility index (Phi) is 12.5. The molecule has 1 aliphatic carbocycles. The van der Waals surface area contributed by atoms with Crippen LogP contribution in [-0.2, 0) is 9.59 Å². The molecule has 1 aliphatic heterocycles. The van der Waals surface area contributed by atoms with Gasteiger partial charge in [0.2, 0.25) is 11.8 Å². The first kappa shape index (κ1) is 27.5. The number of carbonyl (C=O) groups is 2. The molecule has 1 saturated carbocycles. The standard InChI is InChI=1S/C30H49N3O2/c1-2-3-4-5-6-7-8-9-10-15-29(34)31-27-17-19-28(20-18-27)32-22-24-33(25-23-32)30(35)21-16-26-13-11-12-14-26/h17-20,26H,2-16,21-25H2,1H3,(H,31,34). The average molecular weight is 484 g/mol. The molecular weight excluding hydrogens is 434 g/mol. The Balaban J connectivity index is 1.27. The molecule has 0 bridgehead atoms. The van der Waals surface area contributed by atoms with Crippen LogP contribution in [0.4, 0.5) is 11.4 Å². The summed E-state index contributed by atoms with van der Waals surface area (Å²) >= 11 is 0. The van der Waals surface area contributed by atoms with Gasteiger partial charge in [-0.3, -0.25) is 9.59 Å². The maximum Gasteiger partial charge on any atom is 0.224 e. The van der Waals surface area contributed by atoms with Gasteiger partial charge in [-0.15, -0.1) is 0 Å². The van der Waals surface area contributed by atoms with Crippen LogP contribution in [0, 0.1) is 5.92 Å². The number of unbranched alkanes of at least 4 members (excludes halogenated alkanes) is 8. The van der Waals surface area contributed by atoms with E-state index in [1.165, 1.54) is 76.3 Å². The topological polar surface area (TPSA) is 52.7 Å². The van der Waals surface area contributed by atoms with Crippen molar-refractivity contribution in [1.29, 1.82) is 0 Å². The van der Waals surface area contributed by atoms with Crippen LogP contribution in [-0.4, -0.2) is 42.9 Å². The zero-order chi connectivity index (χ0) is 24.7. The van der Waals surface area contributed by atoms with Gasteiger partial charge in [-0.25, -0.2) is 0 Å². The van der Waals surface area contributed by atoms with Gasteiger partial charge < -0.3 is 15.1 Å². The number of nitrogens with zero attached hydrogens (tertiary/aromatic N) is 2. The molecule has 2 aliphatic rings. The van der Waals surface area contributed by atoms with E-state index in [2.05, 4.69) is 29.3 Å². The van der Waals surface area contributed by atoms with Crippen molar-refractivity contribution >= 4 is 23.2 Å². The monoisotopic (exact) mass is 483 g/mol. The van der Waals surface area contributed by atoms with Gasteiger partial charge in [0.15, 0.2) is 0 Å². The predicted molar refractivity (Wildman–Crippen MR) is 147 cm³/mol. The number of piperazine rings is 1. The molecule has 2 amide bonds. The number of anilines is 2. The zero-order valence-corrected chi connectivity index (χ0v) is 22.2. The van der Waals surface area contributed by atoms with E-state index in [0.717, 1.165) is 63.5 Å². The molecule has 0 aromatic heterocycles. The number of nitrogens with one attached hydrogen (secondary N) is 1. The van der Waals surface area contributed by atoms with E-state index in [4.69, 9.17) is 0 Å². The Morgan fingerprint density at radius 2 is 1.40 bits per heavy atom. The van der Waals surface area contributed by atoms with E-state index in [-0.39, 0.29) is 5.91 Å². The first-order chi connectivity index (χ1) is 17.2. The Bertz CT molecular complexity index is 734. The molecule has 2 fully saturated rings. The third-order valence-corrected chi connectivity index (χ3v) is 7.90. The number of amides is 2. The molecule has 1 N–H and O–H groups in total. The Labute approximate surface area is 214 Å². The van der Waals surface area contributed by atoms with Crippen molar-refractivity contribution in [2.45, 2.75) is 110 Å². The summed E-state index contributed by atoms with van der Waals surface area (Å²) in [5, 5.41) is 3.05. The van der Waals surface area contributed by atoms with E-state index in [1.807, 2.05) is 17.0 Å². The number of rotatable bonds is 15. The number of hydrogen-bond acceptors (Lipinski definition) is 3. The molecule has 1 aromatic carbocycles. The van der Waals surface area contributed by atoms with Gasteiger partial charge in [0.1, 0.15) is 0 Å². The van der Waals surface area contributed by atoms with Crippen LogP contribution in [0.25, 0.3) is 0 Å². The molecule has 1 aromatic rings. The van der Waals surface area contributed by atoms with Gasteiger partial charge in [0, 0.05) is 50.4 Å². The summed E-state index contributed by atoms with van der Waals surface area (Å²) in [7, 11) is 0. The van der Waals surface area contributed by atoms with E-state index in [0.29, 0.717) is 12.3 Å². The van der Waals surface area contributed by atoms with Crippen molar-refractivity contribution in [2.24, 2.45) is 5.92 Å². The minimum atomic E-state index is 0.116.